The van der Waals surface area contributed by atoms with Crippen LogP contribution in [0.2, 0.25) is 0 Å². The summed E-state index contributed by atoms with van der Waals surface area (Å²) in [4.78, 5) is 10.9. The fourth-order valence-corrected chi connectivity index (χ4v) is 0.870. The van der Waals surface area contributed by atoms with E-state index in [2.05, 4.69) is 5.32 Å². The molecule has 3 N–H and O–H groups in total. The van der Waals surface area contributed by atoms with Crippen LogP contribution >= 0.6 is 0 Å². The van der Waals surface area contributed by atoms with Crippen LogP contribution in [0.1, 0.15) is 5.56 Å². The van der Waals surface area contributed by atoms with E-state index in [9.17, 15) is 4.79 Å². The molecule has 0 heterocycles. The molecule has 0 bridgehead atoms. The van der Waals surface area contributed by atoms with E-state index in [1.165, 1.54) is 0 Å². The molecule has 1 aromatic carbocycles. The fourth-order valence-electron chi connectivity index (χ4n) is 0.870. The second-order valence-electron chi connectivity index (χ2n) is 2.34. The highest BCUT2D eigenvalue weighted by atomic mass is 16.1. The van der Waals surface area contributed by atoms with Crippen LogP contribution in [0, 0.1) is 0 Å². The van der Waals surface area contributed by atoms with Gasteiger partial charge in [-0.2, -0.15) is 0 Å². The largest absolute Gasteiger partial charge is 0.412 e. The zero-order chi connectivity index (χ0) is 8.10. The van der Waals surface area contributed by atoms with Gasteiger partial charge in [-0.15, -0.1) is 0 Å². The van der Waals surface area contributed by atoms with Crippen LogP contribution < -0.4 is 5.32 Å². The molecule has 3 nitrogen and oxygen atoms in total. The summed E-state index contributed by atoms with van der Waals surface area (Å²) < 4.78 is 0. The third-order valence-electron chi connectivity index (χ3n) is 1.49. The molecule has 0 aliphatic heterocycles. The van der Waals surface area contributed by atoms with Gasteiger partial charge < -0.3 is 10.8 Å². The molecule has 0 fully saturated rings. The Labute approximate surface area is 71.7 Å². The summed E-state index contributed by atoms with van der Waals surface area (Å²) in [6.07, 6.45) is 0.470. The molecular weight excluding hydrogens is 154 g/mol. The topological polar surface area (TPSA) is 60.6 Å². The molecule has 0 atom stereocenters. The van der Waals surface area contributed by atoms with Gasteiger partial charge in [0.25, 0.3) is 0 Å². The van der Waals surface area contributed by atoms with Gasteiger partial charge >= 0.3 is 0 Å². The van der Waals surface area contributed by atoms with Crippen molar-refractivity contribution < 1.29 is 10.3 Å². The van der Waals surface area contributed by atoms with Crippen LogP contribution in [0.4, 0.5) is 0 Å². The Kier molecular flexibility index (Phi) is 4.72. The van der Waals surface area contributed by atoms with Crippen molar-refractivity contribution >= 4 is 5.91 Å². The fraction of sp³-hybridized carbons (Fsp3) is 0.222. The first kappa shape index (κ1) is 10.7. The lowest BCUT2D eigenvalue weighted by Crippen LogP contribution is -2.19. The SMILES string of the molecule is CNC(=O)Cc1ccccc1.O. The number of nitrogens with one attached hydrogen (secondary N) is 1. The molecule has 0 saturated heterocycles. The summed E-state index contributed by atoms with van der Waals surface area (Å²) in [7, 11) is 1.64. The molecule has 66 valence electrons. The monoisotopic (exact) mass is 167 g/mol. The van der Waals surface area contributed by atoms with Crippen molar-refractivity contribution in [2.24, 2.45) is 0 Å². The number of hydrogen-bond acceptors (Lipinski definition) is 1. The normalized spacial score (nSPS) is 8.42. The zero-order valence-corrected chi connectivity index (χ0v) is 7.00. The van der Waals surface area contributed by atoms with Gasteiger partial charge in [0.05, 0.1) is 6.42 Å². The molecule has 0 radical (unpaired) electrons. The second-order valence-corrected chi connectivity index (χ2v) is 2.34. The highest BCUT2D eigenvalue weighted by molar-refractivity contribution is 5.78. The lowest BCUT2D eigenvalue weighted by atomic mass is 10.1. The van der Waals surface area contributed by atoms with Crippen LogP contribution in [0.25, 0.3) is 0 Å². The standard InChI is InChI=1S/C9H11NO.H2O/c1-10-9(11)7-8-5-3-2-4-6-8;/h2-6H,7H2,1H3,(H,10,11);1H2. The van der Waals surface area contributed by atoms with Gasteiger partial charge in [-0.05, 0) is 5.56 Å². The van der Waals surface area contributed by atoms with E-state index in [4.69, 9.17) is 0 Å². The molecular formula is C9H13NO2. The summed E-state index contributed by atoms with van der Waals surface area (Å²) in [5, 5.41) is 2.57. The third-order valence-corrected chi connectivity index (χ3v) is 1.49. The van der Waals surface area contributed by atoms with Gasteiger partial charge in [0.2, 0.25) is 5.91 Å². The van der Waals surface area contributed by atoms with Gasteiger partial charge in [0.1, 0.15) is 0 Å². The number of carbonyl (C=O) groups is 1. The van der Waals surface area contributed by atoms with E-state index in [0.29, 0.717) is 6.42 Å². The van der Waals surface area contributed by atoms with Crippen LogP contribution in [-0.2, 0) is 11.2 Å². The molecule has 0 aromatic heterocycles. The van der Waals surface area contributed by atoms with Gasteiger partial charge in [-0.3, -0.25) is 4.79 Å². The predicted octanol–water partition coefficient (Wildman–Crippen LogP) is 0.150. The molecule has 3 heteroatoms. The minimum Gasteiger partial charge on any atom is -0.412 e. The van der Waals surface area contributed by atoms with Crippen LogP contribution in [0.5, 0.6) is 0 Å². The number of benzene rings is 1. The van der Waals surface area contributed by atoms with E-state index < -0.39 is 0 Å². The minimum absolute atomic E-state index is 0. The lowest BCUT2D eigenvalue weighted by molar-refractivity contribution is -0.119. The van der Waals surface area contributed by atoms with Crippen LogP contribution in [-0.4, -0.2) is 18.4 Å². The van der Waals surface area contributed by atoms with Crippen molar-refractivity contribution in [3.8, 4) is 0 Å². The van der Waals surface area contributed by atoms with Crippen molar-refractivity contribution in [3.63, 3.8) is 0 Å². The van der Waals surface area contributed by atoms with Crippen molar-refractivity contribution in [2.75, 3.05) is 7.05 Å². The molecule has 0 saturated carbocycles. The van der Waals surface area contributed by atoms with Gasteiger partial charge in [-0.25, -0.2) is 0 Å². The Balaban J connectivity index is 0.00000121. The van der Waals surface area contributed by atoms with Crippen molar-refractivity contribution in [2.45, 2.75) is 6.42 Å². The lowest BCUT2D eigenvalue weighted by Gasteiger charge is -1.98. The number of hydrogen-bond donors (Lipinski definition) is 1. The predicted molar refractivity (Wildman–Crippen MR) is 47.8 cm³/mol. The van der Waals surface area contributed by atoms with E-state index in [0.717, 1.165) is 5.56 Å². The van der Waals surface area contributed by atoms with E-state index in [1.54, 1.807) is 7.05 Å². The van der Waals surface area contributed by atoms with Crippen LogP contribution in [0.3, 0.4) is 0 Å². The number of carbonyl (C=O) groups excluding carboxylic acids is 1. The zero-order valence-electron chi connectivity index (χ0n) is 7.00. The smallest absolute Gasteiger partial charge is 0.224 e. The highest BCUT2D eigenvalue weighted by Gasteiger charge is 1.97. The molecule has 0 unspecified atom stereocenters. The minimum atomic E-state index is 0. The Morgan fingerprint density at radius 2 is 1.92 bits per heavy atom. The summed E-state index contributed by atoms with van der Waals surface area (Å²) >= 11 is 0. The first-order valence-electron chi connectivity index (χ1n) is 3.57. The number of rotatable bonds is 2. The molecule has 1 rings (SSSR count). The van der Waals surface area contributed by atoms with E-state index in [1.807, 2.05) is 30.3 Å². The van der Waals surface area contributed by atoms with Gasteiger partial charge in [-0.1, -0.05) is 30.3 Å². The van der Waals surface area contributed by atoms with Crippen molar-refractivity contribution in [3.05, 3.63) is 35.9 Å². The molecule has 12 heavy (non-hydrogen) atoms. The van der Waals surface area contributed by atoms with E-state index in [-0.39, 0.29) is 11.4 Å². The van der Waals surface area contributed by atoms with Crippen molar-refractivity contribution in [1.82, 2.24) is 5.32 Å². The highest BCUT2D eigenvalue weighted by Crippen LogP contribution is 1.98. The van der Waals surface area contributed by atoms with Gasteiger partial charge in [0.15, 0.2) is 0 Å². The molecule has 1 amide bonds. The second kappa shape index (κ2) is 5.32. The molecule has 0 aliphatic rings. The Bertz CT molecular complexity index is 234. The van der Waals surface area contributed by atoms with E-state index >= 15 is 0 Å². The molecule has 1 aromatic rings. The number of amides is 1. The Morgan fingerprint density at radius 1 is 1.33 bits per heavy atom. The summed E-state index contributed by atoms with van der Waals surface area (Å²) in [5.41, 5.74) is 1.05. The maximum atomic E-state index is 10.9. The quantitative estimate of drug-likeness (QED) is 0.669. The molecule has 0 spiro atoms. The van der Waals surface area contributed by atoms with Crippen LogP contribution in [0.15, 0.2) is 30.3 Å². The average molecular weight is 167 g/mol. The van der Waals surface area contributed by atoms with Crippen molar-refractivity contribution in [1.29, 1.82) is 0 Å². The first-order chi connectivity index (χ1) is 5.33. The molecule has 0 aliphatic carbocycles. The maximum Gasteiger partial charge on any atom is 0.224 e. The summed E-state index contributed by atoms with van der Waals surface area (Å²) in [6, 6.07) is 9.67. The Morgan fingerprint density at radius 3 is 2.42 bits per heavy atom. The Hall–Kier alpha value is -1.35. The first-order valence-corrected chi connectivity index (χ1v) is 3.57. The third kappa shape index (κ3) is 3.16. The maximum absolute atomic E-state index is 10.9. The average Bonchev–Trinajstić information content (AvgIpc) is 2.06. The number of likely N-dealkylation sites (N-methyl/N-ethyl adjacent to an activating group) is 1. The van der Waals surface area contributed by atoms with Gasteiger partial charge in [0, 0.05) is 7.05 Å². The summed E-state index contributed by atoms with van der Waals surface area (Å²) in [6.45, 7) is 0. The summed E-state index contributed by atoms with van der Waals surface area (Å²) in [5.74, 6) is 0.0520.